The van der Waals surface area contributed by atoms with Gasteiger partial charge in [0, 0.05) is 28.0 Å². The standard InChI is InChI=1S/C24H31N3OS/c1-5-6-7-8-9-14-28-21-12-10-20(11-13-21)26-24-27-22(16-29-24)23-17(2)15-18(3)25-19(23)4/h10-13,15-16H,5-9,14H2,1-4H3,(H,26,27). The van der Waals surface area contributed by atoms with E-state index in [1.165, 1.54) is 31.2 Å². The lowest BCUT2D eigenvalue weighted by atomic mass is 10.0. The summed E-state index contributed by atoms with van der Waals surface area (Å²) in [6.45, 7) is 9.21. The minimum atomic E-state index is 0.787. The molecule has 0 atom stereocenters. The number of thiazole rings is 1. The van der Waals surface area contributed by atoms with E-state index in [1.807, 2.05) is 38.1 Å². The van der Waals surface area contributed by atoms with Gasteiger partial charge in [0.15, 0.2) is 5.13 Å². The largest absolute Gasteiger partial charge is 0.494 e. The summed E-state index contributed by atoms with van der Waals surface area (Å²) in [7, 11) is 0. The Morgan fingerprint density at radius 1 is 0.966 bits per heavy atom. The average molecular weight is 410 g/mol. The predicted molar refractivity (Wildman–Crippen MR) is 124 cm³/mol. The second-order valence-corrected chi connectivity index (χ2v) is 8.35. The first kappa shape index (κ1) is 21.3. The number of anilines is 2. The van der Waals surface area contributed by atoms with E-state index in [0.29, 0.717) is 0 Å². The van der Waals surface area contributed by atoms with Gasteiger partial charge in [-0.1, -0.05) is 32.6 Å². The van der Waals surface area contributed by atoms with Crippen LogP contribution in [-0.4, -0.2) is 16.6 Å². The minimum Gasteiger partial charge on any atom is -0.494 e. The molecule has 29 heavy (non-hydrogen) atoms. The van der Waals surface area contributed by atoms with Crippen LogP contribution in [0.3, 0.4) is 0 Å². The molecule has 1 aromatic carbocycles. The van der Waals surface area contributed by atoms with Gasteiger partial charge in [-0.05, 0) is 63.1 Å². The SMILES string of the molecule is CCCCCCCOc1ccc(Nc2nc(-c3c(C)cc(C)nc3C)cs2)cc1. The number of unbranched alkanes of at least 4 members (excludes halogenated alkanes) is 4. The predicted octanol–water partition coefficient (Wildman–Crippen LogP) is 7.22. The lowest BCUT2D eigenvalue weighted by Gasteiger charge is -2.08. The van der Waals surface area contributed by atoms with Gasteiger partial charge in [0.1, 0.15) is 5.75 Å². The summed E-state index contributed by atoms with van der Waals surface area (Å²) >= 11 is 1.61. The summed E-state index contributed by atoms with van der Waals surface area (Å²) in [5, 5.41) is 6.36. The maximum Gasteiger partial charge on any atom is 0.187 e. The van der Waals surface area contributed by atoms with Crippen molar-refractivity contribution >= 4 is 22.2 Å². The Labute approximate surface area is 178 Å². The van der Waals surface area contributed by atoms with Gasteiger partial charge in [-0.2, -0.15) is 0 Å². The Balaban J connectivity index is 1.56. The molecule has 2 aromatic heterocycles. The molecule has 0 fully saturated rings. The number of hydrogen-bond donors (Lipinski definition) is 1. The van der Waals surface area contributed by atoms with Gasteiger partial charge in [0.25, 0.3) is 0 Å². The highest BCUT2D eigenvalue weighted by atomic mass is 32.1. The molecular formula is C24H31N3OS. The van der Waals surface area contributed by atoms with Crippen molar-refractivity contribution in [1.82, 2.24) is 9.97 Å². The molecule has 1 N–H and O–H groups in total. The van der Waals surface area contributed by atoms with Crippen LogP contribution >= 0.6 is 11.3 Å². The van der Waals surface area contributed by atoms with Crippen molar-refractivity contribution < 1.29 is 4.74 Å². The van der Waals surface area contributed by atoms with Crippen LogP contribution in [-0.2, 0) is 0 Å². The second-order valence-electron chi connectivity index (χ2n) is 7.49. The topological polar surface area (TPSA) is 47.0 Å². The second kappa shape index (κ2) is 10.4. The van der Waals surface area contributed by atoms with E-state index >= 15 is 0 Å². The quantitative estimate of drug-likeness (QED) is 0.359. The van der Waals surface area contributed by atoms with Crippen LogP contribution < -0.4 is 10.1 Å². The molecule has 2 heterocycles. The Morgan fingerprint density at radius 2 is 1.72 bits per heavy atom. The number of rotatable bonds is 10. The molecule has 0 aliphatic heterocycles. The lowest BCUT2D eigenvalue weighted by molar-refractivity contribution is 0.304. The van der Waals surface area contributed by atoms with Crippen molar-refractivity contribution in [3.8, 4) is 17.0 Å². The van der Waals surface area contributed by atoms with Gasteiger partial charge in [0.2, 0.25) is 0 Å². The van der Waals surface area contributed by atoms with E-state index in [4.69, 9.17) is 9.72 Å². The molecule has 0 radical (unpaired) electrons. The van der Waals surface area contributed by atoms with Crippen LogP contribution in [0, 0.1) is 20.8 Å². The fourth-order valence-corrected chi connectivity index (χ4v) is 4.23. The molecule has 0 unspecified atom stereocenters. The van der Waals surface area contributed by atoms with Crippen molar-refractivity contribution in [3.05, 3.63) is 52.7 Å². The van der Waals surface area contributed by atoms with E-state index in [-0.39, 0.29) is 0 Å². The fourth-order valence-electron chi connectivity index (χ4n) is 3.51. The van der Waals surface area contributed by atoms with Crippen molar-refractivity contribution in [2.24, 2.45) is 0 Å². The Hall–Kier alpha value is -2.40. The van der Waals surface area contributed by atoms with Crippen molar-refractivity contribution in [1.29, 1.82) is 0 Å². The van der Waals surface area contributed by atoms with Crippen molar-refractivity contribution in [2.75, 3.05) is 11.9 Å². The zero-order chi connectivity index (χ0) is 20.6. The zero-order valence-electron chi connectivity index (χ0n) is 17.9. The number of nitrogens with zero attached hydrogens (tertiary/aromatic N) is 2. The number of hydrogen-bond acceptors (Lipinski definition) is 5. The summed E-state index contributed by atoms with van der Waals surface area (Å²) in [4.78, 5) is 9.36. The summed E-state index contributed by atoms with van der Waals surface area (Å²) in [6.07, 6.45) is 6.26. The van der Waals surface area contributed by atoms with Gasteiger partial charge >= 0.3 is 0 Å². The van der Waals surface area contributed by atoms with Crippen LogP contribution in [0.5, 0.6) is 5.75 Å². The van der Waals surface area contributed by atoms with Crippen molar-refractivity contribution in [3.63, 3.8) is 0 Å². The molecule has 0 aliphatic carbocycles. The highest BCUT2D eigenvalue weighted by molar-refractivity contribution is 7.14. The van der Waals surface area contributed by atoms with Crippen LogP contribution in [0.1, 0.15) is 56.0 Å². The van der Waals surface area contributed by atoms with Crippen LogP contribution in [0.15, 0.2) is 35.7 Å². The molecule has 0 amide bonds. The van der Waals surface area contributed by atoms with E-state index in [1.54, 1.807) is 11.3 Å². The third-order valence-electron chi connectivity index (χ3n) is 4.91. The molecule has 0 aliphatic rings. The molecule has 0 spiro atoms. The average Bonchev–Trinajstić information content (AvgIpc) is 3.13. The molecule has 3 aromatic rings. The van der Waals surface area contributed by atoms with Gasteiger partial charge in [-0.25, -0.2) is 4.98 Å². The van der Waals surface area contributed by atoms with Gasteiger partial charge in [-0.3, -0.25) is 4.98 Å². The third-order valence-corrected chi connectivity index (χ3v) is 5.67. The molecule has 4 nitrogen and oxygen atoms in total. The smallest absolute Gasteiger partial charge is 0.187 e. The Morgan fingerprint density at radius 3 is 2.45 bits per heavy atom. The number of ether oxygens (including phenoxy) is 1. The maximum absolute atomic E-state index is 5.84. The monoisotopic (exact) mass is 409 g/mol. The van der Waals surface area contributed by atoms with Gasteiger partial charge in [0.05, 0.1) is 12.3 Å². The Kier molecular flexibility index (Phi) is 7.64. The van der Waals surface area contributed by atoms with Crippen LogP contribution in [0.2, 0.25) is 0 Å². The molecule has 3 rings (SSSR count). The number of pyridine rings is 1. The normalized spacial score (nSPS) is 10.9. The summed E-state index contributed by atoms with van der Waals surface area (Å²) in [6, 6.07) is 10.2. The summed E-state index contributed by atoms with van der Waals surface area (Å²) in [5.41, 5.74) is 6.39. The summed E-state index contributed by atoms with van der Waals surface area (Å²) in [5.74, 6) is 0.919. The van der Waals surface area contributed by atoms with E-state index < -0.39 is 0 Å². The van der Waals surface area contributed by atoms with Gasteiger partial charge in [-0.15, -0.1) is 11.3 Å². The van der Waals surface area contributed by atoms with Crippen LogP contribution in [0.25, 0.3) is 11.3 Å². The summed E-state index contributed by atoms with van der Waals surface area (Å²) < 4.78 is 5.84. The van der Waals surface area contributed by atoms with Crippen molar-refractivity contribution in [2.45, 2.75) is 59.8 Å². The molecule has 154 valence electrons. The van der Waals surface area contributed by atoms with E-state index in [0.717, 1.165) is 52.2 Å². The molecule has 0 saturated carbocycles. The number of aryl methyl sites for hydroxylation is 3. The minimum absolute atomic E-state index is 0.787. The number of benzene rings is 1. The first-order valence-corrected chi connectivity index (χ1v) is 11.4. The number of nitrogens with one attached hydrogen (secondary N) is 1. The maximum atomic E-state index is 5.84. The lowest BCUT2D eigenvalue weighted by Crippen LogP contribution is -1.97. The third kappa shape index (κ3) is 6.04. The zero-order valence-corrected chi connectivity index (χ0v) is 18.7. The van der Waals surface area contributed by atoms with Gasteiger partial charge < -0.3 is 10.1 Å². The molecule has 0 saturated heterocycles. The first-order valence-electron chi connectivity index (χ1n) is 10.5. The van der Waals surface area contributed by atoms with E-state index in [9.17, 15) is 0 Å². The van der Waals surface area contributed by atoms with E-state index in [2.05, 4.69) is 35.6 Å². The number of aromatic nitrogens is 2. The Bertz CT molecular complexity index is 895. The molecule has 5 heteroatoms. The highest BCUT2D eigenvalue weighted by Crippen LogP contribution is 2.31. The molecular weight excluding hydrogens is 378 g/mol. The van der Waals surface area contributed by atoms with Crippen LogP contribution in [0.4, 0.5) is 10.8 Å². The fraction of sp³-hybridized carbons (Fsp3) is 0.417. The highest BCUT2D eigenvalue weighted by Gasteiger charge is 2.12. The molecule has 0 bridgehead atoms. The first-order chi connectivity index (χ1) is 14.1.